The quantitative estimate of drug-likeness (QED) is 0.635. The molecule has 0 aliphatic heterocycles. The van der Waals surface area contributed by atoms with Crippen molar-refractivity contribution >= 4 is 11.4 Å². The van der Waals surface area contributed by atoms with Crippen molar-refractivity contribution in [3.05, 3.63) is 33.9 Å². The summed E-state index contributed by atoms with van der Waals surface area (Å²) < 4.78 is 0. The highest BCUT2D eigenvalue weighted by Crippen LogP contribution is 2.38. The van der Waals surface area contributed by atoms with E-state index in [1.165, 1.54) is 12.8 Å². The van der Waals surface area contributed by atoms with Crippen LogP contribution in [-0.4, -0.2) is 11.0 Å². The third kappa shape index (κ3) is 3.96. The average Bonchev–Trinajstić information content (AvgIpc) is 2.40. The van der Waals surface area contributed by atoms with Crippen LogP contribution in [0.4, 0.5) is 11.4 Å². The average molecular weight is 290 g/mol. The minimum Gasteiger partial charge on any atom is -0.382 e. The van der Waals surface area contributed by atoms with Crippen LogP contribution in [0.3, 0.4) is 0 Å². The zero-order valence-electron chi connectivity index (χ0n) is 13.5. The normalized spacial score (nSPS) is 22.9. The molecule has 4 heteroatoms. The predicted octanol–water partition coefficient (Wildman–Crippen LogP) is 4.92. The van der Waals surface area contributed by atoms with Crippen molar-refractivity contribution in [3.63, 3.8) is 0 Å². The van der Waals surface area contributed by atoms with E-state index in [1.54, 1.807) is 13.0 Å². The van der Waals surface area contributed by atoms with Crippen molar-refractivity contribution in [2.24, 2.45) is 11.3 Å². The van der Waals surface area contributed by atoms with Crippen molar-refractivity contribution in [1.29, 1.82) is 0 Å². The van der Waals surface area contributed by atoms with Gasteiger partial charge in [-0.2, -0.15) is 0 Å². The highest BCUT2D eigenvalue weighted by atomic mass is 16.6. The fourth-order valence-corrected chi connectivity index (χ4v) is 3.24. The number of aryl methyl sites for hydroxylation is 1. The second-order valence-electron chi connectivity index (χ2n) is 7.32. The van der Waals surface area contributed by atoms with E-state index in [9.17, 15) is 10.1 Å². The van der Waals surface area contributed by atoms with Gasteiger partial charge >= 0.3 is 0 Å². The first-order chi connectivity index (χ1) is 9.77. The Labute approximate surface area is 127 Å². The molecule has 0 unspecified atom stereocenters. The van der Waals surface area contributed by atoms with Gasteiger partial charge in [-0.25, -0.2) is 0 Å². The van der Waals surface area contributed by atoms with Crippen LogP contribution in [0.15, 0.2) is 18.2 Å². The van der Waals surface area contributed by atoms with Gasteiger partial charge in [0.25, 0.3) is 5.69 Å². The summed E-state index contributed by atoms with van der Waals surface area (Å²) in [5.41, 5.74) is 2.16. The van der Waals surface area contributed by atoms with E-state index < -0.39 is 0 Å². The van der Waals surface area contributed by atoms with Gasteiger partial charge in [0.15, 0.2) is 0 Å². The van der Waals surface area contributed by atoms with Crippen LogP contribution in [0.25, 0.3) is 0 Å². The fourth-order valence-electron chi connectivity index (χ4n) is 3.24. The lowest BCUT2D eigenvalue weighted by atomic mass is 9.71. The Morgan fingerprint density at radius 1 is 1.19 bits per heavy atom. The summed E-state index contributed by atoms with van der Waals surface area (Å²) in [5.74, 6) is 0.780. The summed E-state index contributed by atoms with van der Waals surface area (Å²) in [6.07, 6.45) is 4.75. The van der Waals surface area contributed by atoms with Crippen LogP contribution in [0, 0.1) is 28.4 Å². The van der Waals surface area contributed by atoms with Crippen molar-refractivity contribution in [3.8, 4) is 0 Å². The number of nitro benzene ring substituents is 1. The number of rotatable bonds is 3. The van der Waals surface area contributed by atoms with Gasteiger partial charge in [-0.15, -0.1) is 0 Å². The van der Waals surface area contributed by atoms with Crippen LogP contribution in [0.5, 0.6) is 0 Å². The third-order valence-electron chi connectivity index (χ3n) is 4.73. The Morgan fingerprint density at radius 2 is 1.81 bits per heavy atom. The molecule has 1 saturated carbocycles. The summed E-state index contributed by atoms with van der Waals surface area (Å²) in [6, 6.07) is 5.86. The summed E-state index contributed by atoms with van der Waals surface area (Å²) in [7, 11) is 0. The standard InChI is InChI=1S/C17H26N2O2/c1-12-5-8-15(11-16(12)19(20)21)18-14-9-6-13(7-10-14)17(2,3)4/h5,8,11,13-14,18H,6-7,9-10H2,1-4H3. The van der Waals surface area contributed by atoms with E-state index in [1.807, 2.05) is 12.1 Å². The van der Waals surface area contributed by atoms with Gasteiger partial charge in [0.2, 0.25) is 0 Å². The minimum atomic E-state index is -0.309. The maximum absolute atomic E-state index is 11.0. The second kappa shape index (κ2) is 6.04. The largest absolute Gasteiger partial charge is 0.382 e. The predicted molar refractivity (Wildman–Crippen MR) is 86.7 cm³/mol. The molecule has 0 heterocycles. The van der Waals surface area contributed by atoms with Gasteiger partial charge in [0.1, 0.15) is 0 Å². The number of hydrogen-bond donors (Lipinski definition) is 1. The Kier molecular flexibility index (Phi) is 4.55. The van der Waals surface area contributed by atoms with Gasteiger partial charge in [0, 0.05) is 23.4 Å². The zero-order valence-corrected chi connectivity index (χ0v) is 13.5. The van der Waals surface area contributed by atoms with Crippen LogP contribution < -0.4 is 5.32 Å². The molecule has 0 bridgehead atoms. The van der Waals surface area contributed by atoms with Gasteiger partial charge in [-0.05, 0) is 50.0 Å². The van der Waals surface area contributed by atoms with Crippen LogP contribution in [-0.2, 0) is 0 Å². The van der Waals surface area contributed by atoms with Crippen LogP contribution in [0.2, 0.25) is 0 Å². The molecule has 116 valence electrons. The maximum atomic E-state index is 11.0. The molecule has 0 spiro atoms. The Balaban J connectivity index is 1.98. The molecule has 1 fully saturated rings. The molecule has 1 aliphatic carbocycles. The van der Waals surface area contributed by atoms with Crippen molar-refractivity contribution < 1.29 is 4.92 Å². The second-order valence-corrected chi connectivity index (χ2v) is 7.32. The monoisotopic (exact) mass is 290 g/mol. The lowest BCUT2D eigenvalue weighted by Crippen LogP contribution is -2.31. The smallest absolute Gasteiger partial charge is 0.274 e. The van der Waals surface area contributed by atoms with Gasteiger partial charge in [-0.3, -0.25) is 10.1 Å². The Morgan fingerprint density at radius 3 is 2.33 bits per heavy atom. The van der Waals surface area contributed by atoms with Crippen LogP contribution >= 0.6 is 0 Å². The van der Waals surface area contributed by atoms with E-state index in [-0.39, 0.29) is 10.6 Å². The van der Waals surface area contributed by atoms with E-state index in [0.29, 0.717) is 17.0 Å². The molecule has 0 atom stereocenters. The lowest BCUT2D eigenvalue weighted by Gasteiger charge is -2.37. The van der Waals surface area contributed by atoms with Crippen molar-refractivity contribution in [2.45, 2.75) is 59.4 Å². The fraction of sp³-hybridized carbons (Fsp3) is 0.647. The van der Waals surface area contributed by atoms with E-state index in [2.05, 4.69) is 26.1 Å². The van der Waals surface area contributed by atoms with Gasteiger partial charge < -0.3 is 5.32 Å². The van der Waals surface area contributed by atoms with Crippen LogP contribution in [0.1, 0.15) is 52.0 Å². The first kappa shape index (κ1) is 15.8. The number of nitrogens with zero attached hydrogens (tertiary/aromatic N) is 1. The molecule has 1 N–H and O–H groups in total. The molecule has 0 saturated heterocycles. The first-order valence-corrected chi connectivity index (χ1v) is 7.79. The number of nitro groups is 1. The van der Waals surface area contributed by atoms with Crippen molar-refractivity contribution in [1.82, 2.24) is 0 Å². The topological polar surface area (TPSA) is 55.2 Å². The molecule has 1 aromatic carbocycles. The molecule has 1 aliphatic rings. The number of nitrogens with one attached hydrogen (secondary N) is 1. The first-order valence-electron chi connectivity index (χ1n) is 7.79. The number of benzene rings is 1. The SMILES string of the molecule is Cc1ccc(NC2CCC(C(C)(C)C)CC2)cc1[N+](=O)[O-]. The van der Waals surface area contributed by atoms with Gasteiger partial charge in [0.05, 0.1) is 4.92 Å². The number of anilines is 1. The third-order valence-corrected chi connectivity index (χ3v) is 4.73. The zero-order chi connectivity index (χ0) is 15.6. The molecule has 21 heavy (non-hydrogen) atoms. The summed E-state index contributed by atoms with van der Waals surface area (Å²) in [5, 5.41) is 14.5. The summed E-state index contributed by atoms with van der Waals surface area (Å²) in [6.45, 7) is 8.72. The van der Waals surface area contributed by atoms with E-state index in [0.717, 1.165) is 24.4 Å². The molecule has 1 aromatic rings. The minimum absolute atomic E-state index is 0.198. The van der Waals surface area contributed by atoms with Gasteiger partial charge in [-0.1, -0.05) is 26.8 Å². The molecule has 2 rings (SSSR count). The summed E-state index contributed by atoms with van der Waals surface area (Å²) >= 11 is 0. The van der Waals surface area contributed by atoms with E-state index in [4.69, 9.17) is 0 Å². The highest BCUT2D eigenvalue weighted by molar-refractivity contribution is 5.55. The Bertz CT molecular complexity index is 512. The maximum Gasteiger partial charge on any atom is 0.274 e. The molecular weight excluding hydrogens is 264 g/mol. The van der Waals surface area contributed by atoms with E-state index >= 15 is 0 Å². The highest BCUT2D eigenvalue weighted by Gasteiger charge is 2.29. The molecular formula is C17H26N2O2. The van der Waals surface area contributed by atoms with Crippen molar-refractivity contribution in [2.75, 3.05) is 5.32 Å². The molecule has 0 aromatic heterocycles. The summed E-state index contributed by atoms with van der Waals surface area (Å²) in [4.78, 5) is 10.7. The lowest BCUT2D eigenvalue weighted by molar-refractivity contribution is -0.385. The Hall–Kier alpha value is -1.58. The molecule has 4 nitrogen and oxygen atoms in total. The number of hydrogen-bond acceptors (Lipinski definition) is 3. The molecule has 0 amide bonds. The molecule has 0 radical (unpaired) electrons.